The van der Waals surface area contributed by atoms with Crippen LogP contribution >= 0.6 is 0 Å². The Labute approximate surface area is 187 Å². The van der Waals surface area contributed by atoms with E-state index in [0.29, 0.717) is 33.7 Å². The van der Waals surface area contributed by atoms with Gasteiger partial charge in [0.1, 0.15) is 11.5 Å². The van der Waals surface area contributed by atoms with Crippen LogP contribution in [0.4, 0.5) is 19.0 Å². The molecule has 4 rings (SSSR count). The number of hydrogen-bond donors (Lipinski definition) is 1. The second kappa shape index (κ2) is 8.06. The van der Waals surface area contributed by atoms with Gasteiger partial charge in [-0.15, -0.1) is 0 Å². The van der Waals surface area contributed by atoms with Crippen LogP contribution in [0.5, 0.6) is 0 Å². The molecule has 4 aromatic rings. The van der Waals surface area contributed by atoms with Crippen LogP contribution in [0.2, 0.25) is 0 Å². The van der Waals surface area contributed by atoms with Crippen molar-refractivity contribution in [1.29, 1.82) is 5.26 Å². The standard InChI is InChI=1S/C24H18F3N5O/c1-13-8-16(11-20(29-13)32(2)3)18-10-15-5-7-21(33)30-23(15)31-22(18)14-4-6-19(24(25,26)27)17(9-14)12-28/h4-11H,1-3H3,(H,30,31,33). The van der Waals surface area contributed by atoms with E-state index < -0.39 is 17.3 Å². The Bertz CT molecular complexity index is 1480. The zero-order valence-electron chi connectivity index (χ0n) is 17.9. The Morgan fingerprint density at radius 3 is 2.42 bits per heavy atom. The Balaban J connectivity index is 2.04. The molecule has 33 heavy (non-hydrogen) atoms. The second-order valence-electron chi connectivity index (χ2n) is 7.76. The molecule has 0 bridgehead atoms. The highest BCUT2D eigenvalue weighted by molar-refractivity contribution is 5.90. The maximum atomic E-state index is 13.3. The fraction of sp³-hybridized carbons (Fsp3) is 0.167. The summed E-state index contributed by atoms with van der Waals surface area (Å²) in [4.78, 5) is 25.4. The van der Waals surface area contributed by atoms with Crippen LogP contribution in [-0.2, 0) is 6.18 Å². The summed E-state index contributed by atoms with van der Waals surface area (Å²) in [6, 6.07) is 13.5. The van der Waals surface area contributed by atoms with Gasteiger partial charge >= 0.3 is 6.18 Å². The number of halogens is 3. The quantitative estimate of drug-likeness (QED) is 0.480. The average molecular weight is 449 g/mol. The monoisotopic (exact) mass is 449 g/mol. The van der Waals surface area contributed by atoms with Gasteiger partial charge in [-0.1, -0.05) is 6.07 Å². The zero-order valence-corrected chi connectivity index (χ0v) is 17.9. The van der Waals surface area contributed by atoms with Crippen LogP contribution in [0.25, 0.3) is 33.4 Å². The molecular weight excluding hydrogens is 431 g/mol. The first-order valence-corrected chi connectivity index (χ1v) is 9.89. The van der Waals surface area contributed by atoms with E-state index in [4.69, 9.17) is 0 Å². The number of anilines is 1. The lowest BCUT2D eigenvalue weighted by atomic mass is 9.95. The highest BCUT2D eigenvalue weighted by atomic mass is 19.4. The molecule has 9 heteroatoms. The van der Waals surface area contributed by atoms with Gasteiger partial charge in [0.05, 0.1) is 22.9 Å². The number of nitrogens with zero attached hydrogens (tertiary/aromatic N) is 4. The average Bonchev–Trinajstić information content (AvgIpc) is 2.76. The van der Waals surface area contributed by atoms with Crippen LogP contribution in [0, 0.1) is 18.3 Å². The van der Waals surface area contributed by atoms with Crippen LogP contribution in [0.3, 0.4) is 0 Å². The predicted octanol–water partition coefficient (Wildman–Crippen LogP) is 4.92. The topological polar surface area (TPSA) is 85.7 Å². The van der Waals surface area contributed by atoms with Crippen molar-refractivity contribution < 1.29 is 13.2 Å². The maximum absolute atomic E-state index is 13.3. The highest BCUT2D eigenvalue weighted by Crippen LogP contribution is 2.38. The van der Waals surface area contributed by atoms with Gasteiger partial charge in [-0.05, 0) is 48.9 Å². The van der Waals surface area contributed by atoms with E-state index in [0.717, 1.165) is 17.3 Å². The Morgan fingerprint density at radius 1 is 1.00 bits per heavy atom. The molecule has 0 fully saturated rings. The second-order valence-corrected chi connectivity index (χ2v) is 7.76. The van der Waals surface area contributed by atoms with Crippen molar-refractivity contribution in [3.63, 3.8) is 0 Å². The Kier molecular flexibility index (Phi) is 5.38. The number of aryl methyl sites for hydroxylation is 1. The molecule has 0 aliphatic carbocycles. The van der Waals surface area contributed by atoms with Crippen molar-refractivity contribution in [1.82, 2.24) is 15.0 Å². The third-order valence-corrected chi connectivity index (χ3v) is 5.14. The number of hydrogen-bond acceptors (Lipinski definition) is 5. The summed E-state index contributed by atoms with van der Waals surface area (Å²) in [5, 5.41) is 10.0. The number of pyridine rings is 3. The molecule has 0 amide bonds. The zero-order chi connectivity index (χ0) is 23.9. The molecule has 0 saturated carbocycles. The molecule has 0 unspecified atom stereocenters. The van der Waals surface area contributed by atoms with Crippen LogP contribution < -0.4 is 10.5 Å². The smallest absolute Gasteiger partial charge is 0.363 e. The molecule has 3 heterocycles. The lowest BCUT2D eigenvalue weighted by Crippen LogP contribution is -2.11. The van der Waals surface area contributed by atoms with E-state index in [1.54, 1.807) is 12.1 Å². The van der Waals surface area contributed by atoms with Crippen LogP contribution in [0.15, 0.2) is 53.3 Å². The van der Waals surface area contributed by atoms with E-state index >= 15 is 0 Å². The molecule has 1 N–H and O–H groups in total. The molecule has 0 aliphatic rings. The lowest BCUT2D eigenvalue weighted by molar-refractivity contribution is -0.137. The summed E-state index contributed by atoms with van der Waals surface area (Å²) in [5.41, 5.74) is 1.20. The summed E-state index contributed by atoms with van der Waals surface area (Å²) in [6.45, 7) is 1.84. The summed E-state index contributed by atoms with van der Waals surface area (Å²) in [7, 11) is 3.70. The normalized spacial score (nSPS) is 11.4. The number of H-pyrrole nitrogens is 1. The number of rotatable bonds is 3. The Morgan fingerprint density at radius 2 is 1.76 bits per heavy atom. The minimum absolute atomic E-state index is 0.290. The number of fused-ring (bicyclic) bond motifs is 1. The van der Waals surface area contributed by atoms with Gasteiger partial charge in [-0.2, -0.15) is 18.4 Å². The largest absolute Gasteiger partial charge is 0.417 e. The lowest BCUT2D eigenvalue weighted by Gasteiger charge is -2.17. The van der Waals surface area contributed by atoms with E-state index in [-0.39, 0.29) is 5.56 Å². The van der Waals surface area contributed by atoms with Crippen molar-refractivity contribution in [2.45, 2.75) is 13.1 Å². The first-order chi connectivity index (χ1) is 15.6. The third kappa shape index (κ3) is 4.28. The first kappa shape index (κ1) is 22.0. The number of alkyl halides is 3. The van der Waals surface area contributed by atoms with E-state index in [1.807, 2.05) is 44.1 Å². The number of aromatic nitrogens is 3. The summed E-state index contributed by atoms with van der Waals surface area (Å²) in [5.74, 6) is 0.697. The van der Waals surface area contributed by atoms with Gasteiger partial charge in [0.15, 0.2) is 0 Å². The van der Waals surface area contributed by atoms with E-state index in [9.17, 15) is 23.2 Å². The summed E-state index contributed by atoms with van der Waals surface area (Å²) >= 11 is 0. The van der Waals surface area contributed by atoms with Gasteiger partial charge < -0.3 is 9.88 Å². The summed E-state index contributed by atoms with van der Waals surface area (Å²) in [6.07, 6.45) is -4.66. The minimum atomic E-state index is -4.66. The SMILES string of the molecule is Cc1cc(-c2cc3ccc(=O)[nH]c3nc2-c2ccc(C(F)(F)F)c(C#N)c2)cc(N(C)C)n1. The number of nitriles is 1. The van der Waals surface area contributed by atoms with Gasteiger partial charge in [0.2, 0.25) is 5.56 Å². The number of nitrogens with one attached hydrogen (secondary N) is 1. The third-order valence-electron chi connectivity index (χ3n) is 5.14. The van der Waals surface area contributed by atoms with Crippen LogP contribution in [-0.4, -0.2) is 29.0 Å². The molecule has 0 aliphatic heterocycles. The van der Waals surface area contributed by atoms with E-state index in [1.165, 1.54) is 18.2 Å². The minimum Gasteiger partial charge on any atom is -0.363 e. The van der Waals surface area contributed by atoms with Gasteiger partial charge in [0, 0.05) is 42.4 Å². The Hall–Kier alpha value is -4.19. The molecule has 0 atom stereocenters. The van der Waals surface area contributed by atoms with E-state index in [2.05, 4.69) is 15.0 Å². The molecule has 6 nitrogen and oxygen atoms in total. The van der Waals surface area contributed by atoms with Crippen molar-refractivity contribution in [3.8, 4) is 28.5 Å². The fourth-order valence-corrected chi connectivity index (χ4v) is 3.59. The highest BCUT2D eigenvalue weighted by Gasteiger charge is 2.33. The molecule has 3 aromatic heterocycles. The number of benzene rings is 1. The van der Waals surface area contributed by atoms with Crippen molar-refractivity contribution in [2.24, 2.45) is 0 Å². The van der Waals surface area contributed by atoms with Crippen LogP contribution in [0.1, 0.15) is 16.8 Å². The molecule has 0 spiro atoms. The molecule has 0 radical (unpaired) electrons. The number of aromatic amines is 1. The molecular formula is C24H18F3N5O. The molecule has 0 saturated heterocycles. The predicted molar refractivity (Wildman–Crippen MR) is 120 cm³/mol. The van der Waals surface area contributed by atoms with Crippen molar-refractivity contribution in [3.05, 3.63) is 75.7 Å². The van der Waals surface area contributed by atoms with Gasteiger partial charge in [-0.3, -0.25) is 4.79 Å². The molecule has 166 valence electrons. The maximum Gasteiger partial charge on any atom is 0.417 e. The van der Waals surface area contributed by atoms with Gasteiger partial charge in [-0.25, -0.2) is 9.97 Å². The van der Waals surface area contributed by atoms with Crippen molar-refractivity contribution >= 4 is 16.9 Å². The van der Waals surface area contributed by atoms with Crippen molar-refractivity contribution in [2.75, 3.05) is 19.0 Å². The molecule has 1 aromatic carbocycles. The first-order valence-electron chi connectivity index (χ1n) is 9.89. The summed E-state index contributed by atoms with van der Waals surface area (Å²) < 4.78 is 39.9. The fourth-order valence-electron chi connectivity index (χ4n) is 3.59. The van der Waals surface area contributed by atoms with Gasteiger partial charge in [0.25, 0.3) is 0 Å².